The molecule has 0 fully saturated rings. The van der Waals surface area contributed by atoms with Gasteiger partial charge in [-0.3, -0.25) is 14.5 Å². The quantitative estimate of drug-likeness (QED) is 0.784. The van der Waals surface area contributed by atoms with Crippen molar-refractivity contribution in [3.05, 3.63) is 29.6 Å². The molecule has 5 heteroatoms. The number of anilines is 1. The van der Waals surface area contributed by atoms with Gasteiger partial charge in [-0.1, -0.05) is 6.07 Å². The van der Waals surface area contributed by atoms with Crippen LogP contribution >= 0.6 is 0 Å². The first-order valence-corrected chi connectivity index (χ1v) is 5.29. The van der Waals surface area contributed by atoms with E-state index in [1.54, 1.807) is 6.92 Å². The summed E-state index contributed by atoms with van der Waals surface area (Å²) < 4.78 is 13.7. The first kappa shape index (κ1) is 11.7. The number of aliphatic hydroxyl groups is 1. The van der Waals surface area contributed by atoms with Crippen LogP contribution in [0.25, 0.3) is 0 Å². The van der Waals surface area contributed by atoms with Crippen molar-refractivity contribution in [3.8, 4) is 0 Å². The molecule has 0 saturated carbocycles. The number of aliphatic hydroxyl groups excluding tert-OH is 1. The molecule has 0 spiro atoms. The van der Waals surface area contributed by atoms with E-state index in [-0.39, 0.29) is 11.3 Å². The number of nitrogens with zero attached hydrogens (tertiary/aromatic N) is 1. The van der Waals surface area contributed by atoms with Gasteiger partial charge >= 0.3 is 0 Å². The monoisotopic (exact) mass is 237 g/mol. The fourth-order valence-corrected chi connectivity index (χ4v) is 1.87. The summed E-state index contributed by atoms with van der Waals surface area (Å²) in [5, 5.41) is 9.47. The van der Waals surface area contributed by atoms with Crippen LogP contribution in [0.3, 0.4) is 0 Å². The number of ketones is 1. The van der Waals surface area contributed by atoms with E-state index in [1.165, 1.54) is 25.1 Å². The largest absolute Gasteiger partial charge is 0.391 e. The van der Waals surface area contributed by atoms with Crippen molar-refractivity contribution >= 4 is 17.4 Å². The summed E-state index contributed by atoms with van der Waals surface area (Å²) in [7, 11) is 0. The normalized spacial score (nSPS) is 18.2. The van der Waals surface area contributed by atoms with Crippen LogP contribution < -0.4 is 4.90 Å². The highest BCUT2D eigenvalue weighted by Gasteiger charge is 2.41. The summed E-state index contributed by atoms with van der Waals surface area (Å²) >= 11 is 0. The highest BCUT2D eigenvalue weighted by atomic mass is 19.1. The molecule has 17 heavy (non-hydrogen) atoms. The number of fused-ring (bicyclic) bond motifs is 1. The van der Waals surface area contributed by atoms with Crippen LogP contribution in [0, 0.1) is 5.82 Å². The Labute approximate surface area is 97.7 Å². The second kappa shape index (κ2) is 3.92. The molecular formula is C12H12FNO3. The Bertz CT molecular complexity index is 499. The van der Waals surface area contributed by atoms with Gasteiger partial charge in [-0.05, 0) is 26.0 Å². The molecule has 2 rings (SSSR count). The molecule has 0 bridgehead atoms. The second-order valence-corrected chi connectivity index (χ2v) is 4.12. The molecule has 1 heterocycles. The first-order chi connectivity index (χ1) is 7.95. The summed E-state index contributed by atoms with van der Waals surface area (Å²) in [6, 6.07) is 3.33. The van der Waals surface area contributed by atoms with Gasteiger partial charge in [0.15, 0.2) is 0 Å². The molecule has 1 aliphatic rings. The summed E-state index contributed by atoms with van der Waals surface area (Å²) in [6.07, 6.45) is -0.850. The number of carbonyl (C=O) groups is 2. The molecule has 0 aliphatic carbocycles. The maximum atomic E-state index is 13.7. The first-order valence-electron chi connectivity index (χ1n) is 5.29. The second-order valence-electron chi connectivity index (χ2n) is 4.12. The Kier molecular flexibility index (Phi) is 2.71. The lowest BCUT2D eigenvalue weighted by Gasteiger charge is -2.26. The molecule has 0 aromatic heterocycles. The molecule has 1 aliphatic heterocycles. The van der Waals surface area contributed by atoms with Crippen molar-refractivity contribution in [2.75, 3.05) is 4.90 Å². The van der Waals surface area contributed by atoms with E-state index in [0.29, 0.717) is 0 Å². The number of amides is 1. The molecule has 0 radical (unpaired) electrons. The Morgan fingerprint density at radius 2 is 1.94 bits per heavy atom. The van der Waals surface area contributed by atoms with E-state index in [0.717, 1.165) is 4.90 Å². The van der Waals surface area contributed by atoms with Gasteiger partial charge in [-0.25, -0.2) is 4.39 Å². The maximum Gasteiger partial charge on any atom is 0.299 e. The van der Waals surface area contributed by atoms with Crippen molar-refractivity contribution in [1.82, 2.24) is 0 Å². The lowest BCUT2D eigenvalue weighted by Crippen LogP contribution is -2.44. The molecule has 1 amide bonds. The van der Waals surface area contributed by atoms with Crippen molar-refractivity contribution in [2.45, 2.75) is 26.0 Å². The number of rotatable bonds is 2. The summed E-state index contributed by atoms with van der Waals surface area (Å²) in [5.74, 6) is -2.15. The molecule has 90 valence electrons. The van der Waals surface area contributed by atoms with E-state index in [9.17, 15) is 19.1 Å². The fraction of sp³-hybridized carbons (Fsp3) is 0.333. The third kappa shape index (κ3) is 1.63. The van der Waals surface area contributed by atoms with Gasteiger partial charge < -0.3 is 5.11 Å². The zero-order valence-electron chi connectivity index (χ0n) is 9.48. The maximum absolute atomic E-state index is 13.7. The highest BCUT2D eigenvalue weighted by Crippen LogP contribution is 2.33. The number of halogens is 1. The minimum absolute atomic E-state index is 0.0316. The third-order valence-corrected chi connectivity index (χ3v) is 2.99. The topological polar surface area (TPSA) is 57.6 Å². The zero-order valence-corrected chi connectivity index (χ0v) is 9.48. The highest BCUT2D eigenvalue weighted by molar-refractivity contribution is 6.52. The van der Waals surface area contributed by atoms with Crippen molar-refractivity contribution in [3.63, 3.8) is 0 Å². The van der Waals surface area contributed by atoms with E-state index in [4.69, 9.17) is 0 Å². The number of hydrogen-bond acceptors (Lipinski definition) is 3. The number of benzene rings is 1. The number of hydrogen-bond donors (Lipinski definition) is 1. The number of para-hydroxylation sites is 1. The van der Waals surface area contributed by atoms with Crippen LogP contribution in [-0.2, 0) is 4.79 Å². The van der Waals surface area contributed by atoms with Crippen molar-refractivity contribution in [1.29, 1.82) is 0 Å². The predicted molar refractivity (Wildman–Crippen MR) is 59.4 cm³/mol. The molecule has 2 unspecified atom stereocenters. The lowest BCUT2D eigenvalue weighted by molar-refractivity contribution is -0.115. The van der Waals surface area contributed by atoms with Crippen molar-refractivity contribution in [2.24, 2.45) is 0 Å². The average Bonchev–Trinajstić information content (AvgIpc) is 2.53. The molecule has 2 atom stereocenters. The van der Waals surface area contributed by atoms with Crippen LogP contribution in [0.15, 0.2) is 18.2 Å². The summed E-state index contributed by atoms with van der Waals surface area (Å²) in [6.45, 7) is 3.05. The van der Waals surface area contributed by atoms with Crippen LogP contribution in [-0.4, -0.2) is 28.9 Å². The molecule has 4 nitrogen and oxygen atoms in total. The van der Waals surface area contributed by atoms with E-state index < -0.39 is 29.7 Å². The standard InChI is InChI=1S/C12H12FNO3/c1-6(7(2)15)14-10-8(11(16)12(14)17)4-3-5-9(10)13/h3-7,15H,1-2H3. The van der Waals surface area contributed by atoms with Crippen LogP contribution in [0.4, 0.5) is 10.1 Å². The van der Waals surface area contributed by atoms with Gasteiger partial charge in [-0.15, -0.1) is 0 Å². The summed E-state index contributed by atoms with van der Waals surface area (Å²) in [5.41, 5.74) is 0.0263. The van der Waals surface area contributed by atoms with E-state index in [1.807, 2.05) is 0 Å². The van der Waals surface area contributed by atoms with Gasteiger partial charge in [0.2, 0.25) is 0 Å². The van der Waals surface area contributed by atoms with Gasteiger partial charge in [0.1, 0.15) is 5.82 Å². The Hall–Kier alpha value is -1.75. The predicted octanol–water partition coefficient (Wildman–Crippen LogP) is 1.12. The van der Waals surface area contributed by atoms with Crippen molar-refractivity contribution < 1.29 is 19.1 Å². The van der Waals surface area contributed by atoms with Gasteiger partial charge in [0.25, 0.3) is 11.7 Å². The van der Waals surface area contributed by atoms with Gasteiger partial charge in [0, 0.05) is 0 Å². The SMILES string of the molecule is CC(O)C(C)N1C(=O)C(=O)c2cccc(F)c21. The fourth-order valence-electron chi connectivity index (χ4n) is 1.87. The van der Waals surface area contributed by atoms with Crippen LogP contribution in [0.5, 0.6) is 0 Å². The zero-order chi connectivity index (χ0) is 12.7. The van der Waals surface area contributed by atoms with E-state index >= 15 is 0 Å². The Morgan fingerprint density at radius 1 is 1.29 bits per heavy atom. The Morgan fingerprint density at radius 3 is 2.53 bits per heavy atom. The molecule has 0 saturated heterocycles. The third-order valence-electron chi connectivity index (χ3n) is 2.99. The smallest absolute Gasteiger partial charge is 0.299 e. The van der Waals surface area contributed by atoms with Crippen LogP contribution in [0.1, 0.15) is 24.2 Å². The van der Waals surface area contributed by atoms with Gasteiger partial charge in [0.05, 0.1) is 23.4 Å². The lowest BCUT2D eigenvalue weighted by atomic mass is 10.1. The molecule has 1 aromatic rings. The minimum atomic E-state index is -0.850. The number of carbonyl (C=O) groups excluding carboxylic acids is 2. The minimum Gasteiger partial charge on any atom is -0.391 e. The molecular weight excluding hydrogens is 225 g/mol. The summed E-state index contributed by atoms with van der Waals surface area (Å²) in [4.78, 5) is 24.4. The molecule has 1 N–H and O–H groups in total. The average molecular weight is 237 g/mol. The Balaban J connectivity index is 2.58. The van der Waals surface area contributed by atoms with Crippen LogP contribution in [0.2, 0.25) is 0 Å². The van der Waals surface area contributed by atoms with E-state index in [2.05, 4.69) is 0 Å². The molecule has 1 aromatic carbocycles. The van der Waals surface area contributed by atoms with Gasteiger partial charge in [-0.2, -0.15) is 0 Å². The number of Topliss-reactive ketones (excluding diaryl/α,β-unsaturated/α-hetero) is 1.